The molecule has 0 fully saturated rings. The molecule has 0 saturated carbocycles. The summed E-state index contributed by atoms with van der Waals surface area (Å²) in [6.07, 6.45) is 4.00. The summed E-state index contributed by atoms with van der Waals surface area (Å²) in [5.41, 5.74) is 0. The number of nitrogens with one attached hydrogen (secondary N) is 1. The highest BCUT2D eigenvalue weighted by Crippen LogP contribution is 2.15. The Morgan fingerprint density at radius 1 is 1.62 bits per heavy atom. The molecule has 1 rings (SSSR count). The van der Waals surface area contributed by atoms with Gasteiger partial charge in [-0.1, -0.05) is 6.92 Å². The molecule has 1 aromatic rings. The number of nitrogens with zero attached hydrogens (tertiary/aromatic N) is 1. The lowest BCUT2D eigenvalue weighted by Gasteiger charge is -2.14. The van der Waals surface area contributed by atoms with Gasteiger partial charge in [-0.15, -0.1) is 11.3 Å². The predicted molar refractivity (Wildman–Crippen MR) is 61.5 cm³/mol. The van der Waals surface area contributed by atoms with Crippen molar-refractivity contribution in [3.05, 3.63) is 16.6 Å². The van der Waals surface area contributed by atoms with Crippen LogP contribution in [-0.4, -0.2) is 23.0 Å². The molecule has 0 radical (unpaired) electrons. The van der Waals surface area contributed by atoms with Crippen molar-refractivity contribution in [2.45, 2.75) is 25.1 Å². The third-order valence-electron chi connectivity index (χ3n) is 1.94. The van der Waals surface area contributed by atoms with Crippen molar-refractivity contribution in [1.29, 1.82) is 0 Å². The van der Waals surface area contributed by atoms with E-state index in [9.17, 15) is 0 Å². The Morgan fingerprint density at radius 3 is 2.92 bits per heavy atom. The van der Waals surface area contributed by atoms with Gasteiger partial charge in [0.05, 0.1) is 6.04 Å². The van der Waals surface area contributed by atoms with Crippen LogP contribution in [0.5, 0.6) is 0 Å². The second-order valence-corrected chi connectivity index (χ2v) is 5.25. The number of hydrogen-bond acceptors (Lipinski definition) is 4. The molecular weight excluding hydrogens is 200 g/mol. The Labute approximate surface area is 88.2 Å². The van der Waals surface area contributed by atoms with Gasteiger partial charge in [-0.05, 0) is 13.2 Å². The molecule has 1 N–H and O–H groups in total. The van der Waals surface area contributed by atoms with E-state index in [1.54, 1.807) is 11.3 Å². The molecule has 0 aliphatic carbocycles. The van der Waals surface area contributed by atoms with Gasteiger partial charge in [-0.25, -0.2) is 4.98 Å². The number of hydrogen-bond donors (Lipinski definition) is 1. The van der Waals surface area contributed by atoms with E-state index < -0.39 is 0 Å². The lowest BCUT2D eigenvalue weighted by Crippen LogP contribution is -2.25. The molecule has 74 valence electrons. The van der Waals surface area contributed by atoms with Crippen LogP contribution in [0, 0.1) is 0 Å². The summed E-state index contributed by atoms with van der Waals surface area (Å²) in [7, 11) is 0. The van der Waals surface area contributed by atoms with E-state index in [0.717, 1.165) is 6.54 Å². The average Bonchev–Trinajstić information content (AvgIpc) is 2.66. The molecule has 0 bridgehead atoms. The van der Waals surface area contributed by atoms with Crippen molar-refractivity contribution < 1.29 is 0 Å². The minimum absolute atomic E-state index is 0.384. The molecule has 4 heteroatoms. The summed E-state index contributed by atoms with van der Waals surface area (Å²) in [4.78, 5) is 4.27. The van der Waals surface area contributed by atoms with Gasteiger partial charge in [0, 0.05) is 23.4 Å². The Hall–Kier alpha value is -0.0600. The molecular formula is C9H16N2S2. The Kier molecular flexibility index (Phi) is 4.77. The van der Waals surface area contributed by atoms with Crippen LogP contribution in [0.15, 0.2) is 11.6 Å². The molecule has 13 heavy (non-hydrogen) atoms. The molecule has 2 nitrogen and oxygen atoms in total. The summed E-state index contributed by atoms with van der Waals surface area (Å²) in [5.74, 6) is 0. The van der Waals surface area contributed by atoms with Gasteiger partial charge in [0.1, 0.15) is 5.01 Å². The maximum atomic E-state index is 4.27. The van der Waals surface area contributed by atoms with E-state index in [2.05, 4.69) is 30.4 Å². The van der Waals surface area contributed by atoms with Crippen LogP contribution in [0.2, 0.25) is 0 Å². The average molecular weight is 216 g/mol. The van der Waals surface area contributed by atoms with Crippen LogP contribution >= 0.6 is 23.1 Å². The van der Waals surface area contributed by atoms with Crippen molar-refractivity contribution in [3.63, 3.8) is 0 Å². The summed E-state index contributed by atoms with van der Waals surface area (Å²) >= 11 is 3.59. The van der Waals surface area contributed by atoms with Crippen LogP contribution in [0.25, 0.3) is 0 Å². The van der Waals surface area contributed by atoms with Crippen molar-refractivity contribution in [3.8, 4) is 0 Å². The van der Waals surface area contributed by atoms with E-state index in [-0.39, 0.29) is 0 Å². The molecule has 1 heterocycles. The second kappa shape index (κ2) is 5.62. The first-order chi connectivity index (χ1) is 6.24. The highest BCUT2D eigenvalue weighted by molar-refractivity contribution is 7.99. The van der Waals surface area contributed by atoms with E-state index >= 15 is 0 Å². The van der Waals surface area contributed by atoms with Gasteiger partial charge in [0.15, 0.2) is 0 Å². The standard InChI is InChI=1S/C9H16N2S2/c1-7(12-3)6-11-8(2)9-10-4-5-13-9/h4-5,7-8,11H,6H2,1-3H3. The molecule has 0 aromatic carbocycles. The minimum Gasteiger partial charge on any atom is -0.307 e. The lowest BCUT2D eigenvalue weighted by molar-refractivity contribution is 0.573. The molecule has 0 spiro atoms. The lowest BCUT2D eigenvalue weighted by atomic mass is 10.3. The summed E-state index contributed by atoms with van der Waals surface area (Å²) in [6.45, 7) is 5.43. The van der Waals surface area contributed by atoms with E-state index in [4.69, 9.17) is 0 Å². The van der Waals surface area contributed by atoms with Crippen LogP contribution in [-0.2, 0) is 0 Å². The van der Waals surface area contributed by atoms with E-state index in [1.165, 1.54) is 5.01 Å². The molecule has 0 amide bonds. The van der Waals surface area contributed by atoms with Gasteiger partial charge in [-0.2, -0.15) is 11.8 Å². The van der Waals surface area contributed by atoms with E-state index in [1.807, 2.05) is 23.3 Å². The largest absolute Gasteiger partial charge is 0.307 e. The van der Waals surface area contributed by atoms with Crippen LogP contribution in [0.4, 0.5) is 0 Å². The molecule has 2 unspecified atom stereocenters. The first kappa shape index (κ1) is 11.0. The Balaban J connectivity index is 2.30. The third-order valence-corrected chi connectivity index (χ3v) is 3.87. The van der Waals surface area contributed by atoms with Gasteiger partial charge >= 0.3 is 0 Å². The normalized spacial score (nSPS) is 15.6. The SMILES string of the molecule is CSC(C)CNC(C)c1nccs1. The first-order valence-corrected chi connectivity index (χ1v) is 6.56. The highest BCUT2D eigenvalue weighted by atomic mass is 32.2. The zero-order valence-electron chi connectivity index (χ0n) is 8.28. The van der Waals surface area contributed by atoms with Crippen LogP contribution in [0.1, 0.15) is 24.9 Å². The predicted octanol–water partition coefficient (Wildman–Crippen LogP) is 2.55. The fourth-order valence-electron chi connectivity index (χ4n) is 0.962. The topological polar surface area (TPSA) is 24.9 Å². The fraction of sp³-hybridized carbons (Fsp3) is 0.667. The van der Waals surface area contributed by atoms with Gasteiger partial charge in [-0.3, -0.25) is 0 Å². The smallest absolute Gasteiger partial charge is 0.109 e. The Bertz CT molecular complexity index is 224. The summed E-state index contributed by atoms with van der Waals surface area (Å²) in [6, 6.07) is 0.384. The van der Waals surface area contributed by atoms with Crippen molar-refractivity contribution in [2.24, 2.45) is 0 Å². The molecule has 0 saturated heterocycles. The van der Waals surface area contributed by atoms with Gasteiger partial charge in [0.2, 0.25) is 0 Å². The third kappa shape index (κ3) is 3.67. The van der Waals surface area contributed by atoms with Crippen molar-refractivity contribution in [2.75, 3.05) is 12.8 Å². The van der Waals surface area contributed by atoms with Gasteiger partial charge in [0.25, 0.3) is 0 Å². The number of aromatic nitrogens is 1. The van der Waals surface area contributed by atoms with Crippen molar-refractivity contribution >= 4 is 23.1 Å². The zero-order chi connectivity index (χ0) is 9.68. The van der Waals surface area contributed by atoms with Crippen molar-refractivity contribution in [1.82, 2.24) is 10.3 Å². The van der Waals surface area contributed by atoms with Crippen LogP contribution < -0.4 is 5.32 Å². The summed E-state index contributed by atoms with van der Waals surface area (Å²) < 4.78 is 0. The number of thioether (sulfide) groups is 1. The van der Waals surface area contributed by atoms with E-state index in [0.29, 0.717) is 11.3 Å². The molecule has 2 atom stereocenters. The molecule has 1 aromatic heterocycles. The minimum atomic E-state index is 0.384. The highest BCUT2D eigenvalue weighted by Gasteiger charge is 2.08. The zero-order valence-corrected chi connectivity index (χ0v) is 9.91. The number of rotatable bonds is 5. The maximum absolute atomic E-state index is 4.27. The maximum Gasteiger partial charge on any atom is 0.109 e. The number of thiazole rings is 1. The quantitative estimate of drug-likeness (QED) is 0.819. The summed E-state index contributed by atoms with van der Waals surface area (Å²) in [5, 5.41) is 7.33. The molecule has 0 aliphatic rings. The fourth-order valence-corrected chi connectivity index (χ4v) is 1.89. The Morgan fingerprint density at radius 2 is 2.38 bits per heavy atom. The monoisotopic (exact) mass is 216 g/mol. The van der Waals surface area contributed by atoms with Gasteiger partial charge < -0.3 is 5.32 Å². The molecule has 0 aliphatic heterocycles. The second-order valence-electron chi connectivity index (χ2n) is 3.05. The van der Waals surface area contributed by atoms with Crippen LogP contribution in [0.3, 0.4) is 0 Å². The first-order valence-electron chi connectivity index (χ1n) is 4.39.